The summed E-state index contributed by atoms with van der Waals surface area (Å²) in [4.78, 5) is 26.0. The van der Waals surface area contributed by atoms with Crippen LogP contribution in [-0.2, 0) is 31.1 Å². The molecule has 1 fully saturated rings. The molecule has 2 N–H and O–H groups in total. The Morgan fingerprint density at radius 1 is 1.14 bits per heavy atom. The van der Waals surface area contributed by atoms with Gasteiger partial charge in [0.05, 0.1) is 41.9 Å². The summed E-state index contributed by atoms with van der Waals surface area (Å²) < 4.78 is 43.9. The first-order valence-corrected chi connectivity index (χ1v) is 11.3. The number of aromatic nitrogens is 6. The Morgan fingerprint density at radius 2 is 1.83 bits per heavy atom. The molecule has 3 aromatic rings. The van der Waals surface area contributed by atoms with Crippen molar-refractivity contribution < 1.29 is 22.8 Å². The Balaban J connectivity index is 1.50. The molecule has 13 heteroatoms. The third-order valence-corrected chi connectivity index (χ3v) is 6.09. The van der Waals surface area contributed by atoms with Crippen LogP contribution in [0.2, 0.25) is 0 Å². The molecule has 35 heavy (non-hydrogen) atoms. The molecule has 0 radical (unpaired) electrons. The number of hydrogen-bond acceptors (Lipinski definition) is 5. The van der Waals surface area contributed by atoms with E-state index in [1.165, 1.54) is 21.8 Å². The Bertz CT molecular complexity index is 1250. The minimum absolute atomic E-state index is 0.0218. The number of amides is 2. The molecular weight excluding hydrogens is 465 g/mol. The maximum absolute atomic E-state index is 13.2. The summed E-state index contributed by atoms with van der Waals surface area (Å²) in [7, 11) is 1.75. The number of rotatable bonds is 8. The Morgan fingerprint density at radius 3 is 2.40 bits per heavy atom. The fraction of sp³-hybridized carbons (Fsp3) is 0.500. The molecule has 3 aromatic heterocycles. The predicted octanol–water partition coefficient (Wildman–Crippen LogP) is 3.56. The first kappa shape index (κ1) is 24.5. The van der Waals surface area contributed by atoms with Gasteiger partial charge in [0.15, 0.2) is 5.69 Å². The van der Waals surface area contributed by atoms with Gasteiger partial charge in [0.2, 0.25) is 5.91 Å². The average Bonchev–Trinajstić information content (AvgIpc) is 3.30. The zero-order valence-corrected chi connectivity index (χ0v) is 19.8. The second kappa shape index (κ2) is 9.19. The van der Waals surface area contributed by atoms with Crippen LogP contribution in [0.3, 0.4) is 0 Å². The van der Waals surface area contributed by atoms with Crippen molar-refractivity contribution in [1.29, 1.82) is 0 Å². The quantitative estimate of drug-likeness (QED) is 0.500. The maximum Gasteiger partial charge on any atom is 0.435 e. The fourth-order valence-corrected chi connectivity index (χ4v) is 3.78. The molecule has 188 valence electrons. The van der Waals surface area contributed by atoms with Crippen LogP contribution in [0.15, 0.2) is 18.5 Å². The smallest absolute Gasteiger partial charge is 0.322 e. The first-order chi connectivity index (χ1) is 16.5. The van der Waals surface area contributed by atoms with Gasteiger partial charge in [-0.25, -0.2) is 0 Å². The number of halogens is 3. The van der Waals surface area contributed by atoms with Gasteiger partial charge in [-0.1, -0.05) is 6.92 Å². The fourth-order valence-electron chi connectivity index (χ4n) is 3.78. The summed E-state index contributed by atoms with van der Waals surface area (Å²) in [5, 5.41) is 17.5. The van der Waals surface area contributed by atoms with Crippen LogP contribution >= 0.6 is 0 Å². The van der Waals surface area contributed by atoms with Crippen molar-refractivity contribution in [3.63, 3.8) is 0 Å². The van der Waals surface area contributed by atoms with Gasteiger partial charge < -0.3 is 10.6 Å². The normalized spacial score (nSPS) is 14.7. The van der Waals surface area contributed by atoms with Crippen LogP contribution in [0, 0.1) is 12.8 Å². The monoisotopic (exact) mass is 492 g/mol. The topological polar surface area (TPSA) is 112 Å². The van der Waals surface area contributed by atoms with E-state index in [0.29, 0.717) is 17.9 Å². The lowest BCUT2D eigenvalue weighted by Crippen LogP contribution is -2.27. The Hall–Kier alpha value is -3.64. The molecule has 1 aliphatic rings. The molecule has 3 heterocycles. The summed E-state index contributed by atoms with van der Waals surface area (Å²) in [5.41, 5.74) is 1.18. The van der Waals surface area contributed by atoms with Crippen LogP contribution in [0.1, 0.15) is 60.2 Å². The van der Waals surface area contributed by atoms with Gasteiger partial charge in [0.25, 0.3) is 5.91 Å². The van der Waals surface area contributed by atoms with Gasteiger partial charge in [-0.15, -0.1) is 0 Å². The van der Waals surface area contributed by atoms with Gasteiger partial charge in [-0.2, -0.15) is 28.5 Å². The van der Waals surface area contributed by atoms with E-state index in [-0.39, 0.29) is 23.8 Å². The summed E-state index contributed by atoms with van der Waals surface area (Å²) in [5.74, 6) is -1.61. The van der Waals surface area contributed by atoms with Crippen LogP contribution in [0.25, 0.3) is 0 Å². The van der Waals surface area contributed by atoms with Crippen molar-refractivity contribution in [3.05, 3.63) is 41.2 Å². The molecule has 1 unspecified atom stereocenters. The highest BCUT2D eigenvalue weighted by Crippen LogP contribution is 2.42. The van der Waals surface area contributed by atoms with Gasteiger partial charge in [-0.05, 0) is 32.8 Å². The minimum Gasteiger partial charge on any atom is -0.322 e. The molecule has 0 bridgehead atoms. The van der Waals surface area contributed by atoms with Crippen LogP contribution in [0.4, 0.5) is 24.5 Å². The van der Waals surface area contributed by atoms with Gasteiger partial charge in [0.1, 0.15) is 5.69 Å². The van der Waals surface area contributed by atoms with E-state index < -0.39 is 29.6 Å². The molecule has 0 aliphatic heterocycles. The van der Waals surface area contributed by atoms with E-state index in [1.807, 2.05) is 6.92 Å². The van der Waals surface area contributed by atoms with E-state index in [9.17, 15) is 22.8 Å². The van der Waals surface area contributed by atoms with E-state index in [0.717, 1.165) is 24.6 Å². The number of carbonyl (C=O) groups excluding carboxylic acids is 2. The summed E-state index contributed by atoms with van der Waals surface area (Å²) >= 11 is 0. The second-order valence-corrected chi connectivity index (χ2v) is 8.74. The number of anilines is 2. The maximum atomic E-state index is 13.2. The van der Waals surface area contributed by atoms with Crippen molar-refractivity contribution in [2.75, 3.05) is 10.6 Å². The highest BCUT2D eigenvalue weighted by Gasteiger charge is 2.38. The zero-order chi connectivity index (χ0) is 25.5. The van der Waals surface area contributed by atoms with Crippen molar-refractivity contribution in [2.24, 2.45) is 13.0 Å². The molecule has 1 saturated carbocycles. The Kier molecular flexibility index (Phi) is 6.43. The van der Waals surface area contributed by atoms with Gasteiger partial charge >= 0.3 is 6.18 Å². The number of nitrogens with one attached hydrogen (secondary N) is 2. The largest absolute Gasteiger partial charge is 0.435 e. The SMILES string of the molecule is CCn1ncc(NC(=O)C(C)Cn2nc(C(F)(F)F)cc2C2CC2)c1C(=O)Nc1cnn(C)c1C. The van der Waals surface area contributed by atoms with Crippen molar-refractivity contribution in [2.45, 2.75) is 58.8 Å². The molecule has 0 spiro atoms. The minimum atomic E-state index is -4.55. The first-order valence-electron chi connectivity index (χ1n) is 11.3. The number of hydrogen-bond donors (Lipinski definition) is 2. The third kappa shape index (κ3) is 5.08. The lowest BCUT2D eigenvalue weighted by Gasteiger charge is -2.15. The van der Waals surface area contributed by atoms with Crippen molar-refractivity contribution in [1.82, 2.24) is 29.3 Å². The summed E-state index contributed by atoms with van der Waals surface area (Å²) in [6.07, 6.45) is -0.0469. The predicted molar refractivity (Wildman–Crippen MR) is 121 cm³/mol. The molecule has 2 amide bonds. The molecular formula is C22H27F3N8O2. The summed E-state index contributed by atoms with van der Waals surface area (Å²) in [6.45, 7) is 5.58. The molecule has 4 rings (SSSR count). The Labute approximate surface area is 199 Å². The average molecular weight is 493 g/mol. The third-order valence-electron chi connectivity index (χ3n) is 6.09. The summed E-state index contributed by atoms with van der Waals surface area (Å²) in [6, 6.07) is 1.07. The van der Waals surface area contributed by atoms with Crippen LogP contribution in [-0.4, -0.2) is 41.2 Å². The number of alkyl halides is 3. The lowest BCUT2D eigenvalue weighted by atomic mass is 10.1. The van der Waals surface area contributed by atoms with E-state index in [2.05, 4.69) is 25.9 Å². The number of carbonyl (C=O) groups is 2. The van der Waals surface area contributed by atoms with Crippen LogP contribution in [0.5, 0.6) is 0 Å². The lowest BCUT2D eigenvalue weighted by molar-refractivity contribution is -0.141. The second-order valence-electron chi connectivity index (χ2n) is 8.74. The molecule has 10 nitrogen and oxygen atoms in total. The molecule has 0 aromatic carbocycles. The molecule has 1 aliphatic carbocycles. The number of nitrogens with zero attached hydrogens (tertiary/aromatic N) is 6. The van der Waals surface area contributed by atoms with Crippen molar-refractivity contribution in [3.8, 4) is 0 Å². The number of aryl methyl sites for hydroxylation is 2. The van der Waals surface area contributed by atoms with Crippen LogP contribution < -0.4 is 10.6 Å². The highest BCUT2D eigenvalue weighted by molar-refractivity contribution is 6.09. The zero-order valence-electron chi connectivity index (χ0n) is 19.8. The van der Waals surface area contributed by atoms with Gasteiger partial charge in [0, 0.05) is 25.2 Å². The standard InChI is InChI=1S/C22H27F3N8O2/c1-5-32-19(21(35)28-15-9-26-31(4)13(15)3)16(10-27-32)29-20(34)12(2)11-33-17(14-6-7-14)8-18(30-33)22(23,24)25/h8-10,12,14H,5-7,11H2,1-4H3,(H,28,35)(H,29,34). The van der Waals surface area contributed by atoms with Gasteiger partial charge in [-0.3, -0.25) is 23.6 Å². The highest BCUT2D eigenvalue weighted by atomic mass is 19.4. The van der Waals surface area contributed by atoms with Crippen molar-refractivity contribution >= 4 is 23.2 Å². The van der Waals surface area contributed by atoms with E-state index >= 15 is 0 Å². The molecule has 1 atom stereocenters. The van der Waals surface area contributed by atoms with E-state index in [1.54, 1.807) is 25.6 Å². The molecule has 0 saturated heterocycles. The van der Waals surface area contributed by atoms with E-state index in [4.69, 9.17) is 0 Å².